The molecule has 0 bridgehead atoms. The summed E-state index contributed by atoms with van der Waals surface area (Å²) in [5, 5.41) is 3.02. The van der Waals surface area contributed by atoms with Crippen LogP contribution in [0.3, 0.4) is 0 Å². The van der Waals surface area contributed by atoms with Gasteiger partial charge in [-0.3, -0.25) is 0 Å². The van der Waals surface area contributed by atoms with Crippen LogP contribution in [-0.4, -0.2) is 16.3 Å². The van der Waals surface area contributed by atoms with Crippen molar-refractivity contribution in [2.24, 2.45) is 5.73 Å². The molecule has 0 unspecified atom stereocenters. The number of hydrogen-bond donors (Lipinski definition) is 2. The van der Waals surface area contributed by atoms with Gasteiger partial charge in [-0.2, -0.15) is 0 Å². The number of aromatic nitrogens is 2. The minimum atomic E-state index is -4.71. The van der Waals surface area contributed by atoms with Crippen LogP contribution < -0.4 is 15.8 Å². The predicted molar refractivity (Wildman–Crippen MR) is 91.8 cm³/mol. The van der Waals surface area contributed by atoms with Gasteiger partial charge in [-0.1, -0.05) is 24.3 Å². The number of nitrogens with two attached hydrogens (primary N) is 1. The fourth-order valence-electron chi connectivity index (χ4n) is 2.28. The Morgan fingerprint density at radius 3 is 2.27 bits per heavy atom. The predicted octanol–water partition coefficient (Wildman–Crippen LogP) is 4.24. The van der Waals surface area contributed by atoms with E-state index in [1.54, 1.807) is 6.07 Å². The third-order valence-corrected chi connectivity index (χ3v) is 3.51. The van der Waals surface area contributed by atoms with Gasteiger partial charge in [0.2, 0.25) is 0 Å². The van der Waals surface area contributed by atoms with Crippen molar-refractivity contribution in [3.8, 4) is 17.0 Å². The van der Waals surface area contributed by atoms with Crippen LogP contribution in [0.15, 0.2) is 60.9 Å². The van der Waals surface area contributed by atoms with Crippen molar-refractivity contribution < 1.29 is 17.9 Å². The van der Waals surface area contributed by atoms with E-state index in [-0.39, 0.29) is 5.75 Å². The zero-order valence-electron chi connectivity index (χ0n) is 13.5. The molecule has 0 aliphatic carbocycles. The van der Waals surface area contributed by atoms with E-state index in [1.807, 2.05) is 24.3 Å². The first-order valence-electron chi connectivity index (χ1n) is 7.67. The van der Waals surface area contributed by atoms with Gasteiger partial charge < -0.3 is 15.8 Å². The van der Waals surface area contributed by atoms with Crippen molar-refractivity contribution in [2.45, 2.75) is 12.9 Å². The van der Waals surface area contributed by atoms with Crippen molar-refractivity contribution in [1.82, 2.24) is 9.97 Å². The van der Waals surface area contributed by atoms with Gasteiger partial charge in [-0.15, -0.1) is 13.2 Å². The molecule has 26 heavy (non-hydrogen) atoms. The molecule has 0 saturated heterocycles. The van der Waals surface area contributed by atoms with Gasteiger partial charge in [-0.05, 0) is 29.8 Å². The van der Waals surface area contributed by atoms with Gasteiger partial charge in [0.15, 0.2) is 0 Å². The number of halogens is 3. The van der Waals surface area contributed by atoms with Gasteiger partial charge in [-0.25, -0.2) is 9.97 Å². The molecule has 1 heterocycles. The molecule has 3 rings (SSSR count). The molecule has 5 nitrogen and oxygen atoms in total. The molecule has 3 N–H and O–H groups in total. The minimum Gasteiger partial charge on any atom is -0.406 e. The molecular formula is C18H15F3N4O. The second-order valence-electron chi connectivity index (χ2n) is 5.39. The van der Waals surface area contributed by atoms with E-state index < -0.39 is 6.36 Å². The summed E-state index contributed by atoms with van der Waals surface area (Å²) in [6.07, 6.45) is -3.30. The summed E-state index contributed by atoms with van der Waals surface area (Å²) in [6, 6.07) is 14.8. The lowest BCUT2D eigenvalue weighted by Gasteiger charge is -2.10. The molecule has 0 amide bonds. The monoisotopic (exact) mass is 360 g/mol. The van der Waals surface area contributed by atoms with Gasteiger partial charge in [0.05, 0.1) is 5.69 Å². The summed E-state index contributed by atoms with van der Waals surface area (Å²) in [4.78, 5) is 8.36. The Morgan fingerprint density at radius 2 is 1.65 bits per heavy atom. The summed E-state index contributed by atoms with van der Waals surface area (Å²) >= 11 is 0. The molecular weight excluding hydrogens is 345 g/mol. The number of anilines is 2. The molecule has 1 aromatic heterocycles. The average molecular weight is 360 g/mol. The highest BCUT2D eigenvalue weighted by atomic mass is 19.4. The number of rotatable bonds is 5. The quantitative estimate of drug-likeness (QED) is 0.712. The molecule has 0 atom stereocenters. The lowest BCUT2D eigenvalue weighted by Crippen LogP contribution is -2.16. The van der Waals surface area contributed by atoms with Gasteiger partial charge >= 0.3 is 6.36 Å². The second kappa shape index (κ2) is 7.40. The lowest BCUT2D eigenvalue weighted by atomic mass is 10.1. The summed E-state index contributed by atoms with van der Waals surface area (Å²) in [6.45, 7) is 0.463. The van der Waals surface area contributed by atoms with E-state index in [2.05, 4.69) is 20.0 Å². The van der Waals surface area contributed by atoms with Crippen LogP contribution >= 0.6 is 0 Å². The first kappa shape index (κ1) is 17.7. The van der Waals surface area contributed by atoms with Crippen molar-refractivity contribution >= 4 is 11.5 Å². The van der Waals surface area contributed by atoms with Gasteiger partial charge in [0, 0.05) is 23.9 Å². The number of nitrogens with zero attached hydrogens (tertiary/aromatic N) is 2. The number of benzene rings is 2. The maximum Gasteiger partial charge on any atom is 0.573 e. The van der Waals surface area contributed by atoms with Gasteiger partial charge in [0.25, 0.3) is 0 Å². The van der Waals surface area contributed by atoms with E-state index in [4.69, 9.17) is 5.73 Å². The third kappa shape index (κ3) is 4.70. The molecule has 8 heteroatoms. The molecule has 134 valence electrons. The lowest BCUT2D eigenvalue weighted by molar-refractivity contribution is -0.274. The number of alkyl halides is 3. The van der Waals surface area contributed by atoms with Crippen molar-refractivity contribution in [3.63, 3.8) is 0 Å². The Labute approximate surface area is 147 Å². The fourth-order valence-corrected chi connectivity index (χ4v) is 2.28. The molecule has 0 fully saturated rings. The minimum absolute atomic E-state index is 0.286. The van der Waals surface area contributed by atoms with Crippen LogP contribution in [0.2, 0.25) is 0 Å². The largest absolute Gasteiger partial charge is 0.573 e. The topological polar surface area (TPSA) is 73.1 Å². The average Bonchev–Trinajstić information content (AvgIpc) is 2.62. The Balaban J connectivity index is 1.74. The zero-order valence-corrected chi connectivity index (χ0v) is 13.5. The molecule has 0 aliphatic rings. The van der Waals surface area contributed by atoms with Crippen molar-refractivity contribution in [1.29, 1.82) is 0 Å². The molecule has 0 spiro atoms. The zero-order chi connectivity index (χ0) is 18.6. The standard InChI is InChI=1S/C18H15F3N4O/c19-18(20,21)26-15-7-5-14(6-8-15)25-17-9-16(23-11-24-17)13-3-1-12(10-22)2-4-13/h1-9,11H,10,22H2,(H,23,24,25). The normalized spacial score (nSPS) is 11.2. The molecule has 3 aromatic rings. The van der Waals surface area contributed by atoms with E-state index in [0.717, 1.165) is 11.1 Å². The molecule has 2 aromatic carbocycles. The Bertz CT molecular complexity index is 865. The van der Waals surface area contributed by atoms with E-state index in [9.17, 15) is 13.2 Å². The number of hydrogen-bond acceptors (Lipinski definition) is 5. The van der Waals surface area contributed by atoms with Gasteiger partial charge in [0.1, 0.15) is 17.9 Å². The number of nitrogens with one attached hydrogen (secondary N) is 1. The first-order valence-corrected chi connectivity index (χ1v) is 7.67. The molecule has 0 radical (unpaired) electrons. The maximum atomic E-state index is 12.2. The summed E-state index contributed by atoms with van der Waals surface area (Å²) < 4.78 is 40.4. The SMILES string of the molecule is NCc1ccc(-c2cc(Nc3ccc(OC(F)(F)F)cc3)ncn2)cc1. The van der Waals surface area contributed by atoms with Crippen LogP contribution in [0, 0.1) is 0 Å². The van der Waals surface area contributed by atoms with Crippen molar-refractivity contribution in [3.05, 3.63) is 66.5 Å². The summed E-state index contributed by atoms with van der Waals surface area (Å²) in [5.41, 5.74) is 8.79. The first-order chi connectivity index (χ1) is 12.4. The fraction of sp³-hybridized carbons (Fsp3) is 0.111. The summed E-state index contributed by atoms with van der Waals surface area (Å²) in [7, 11) is 0. The Kier molecular flexibility index (Phi) is 5.04. The molecule has 0 saturated carbocycles. The molecule has 0 aliphatic heterocycles. The Morgan fingerprint density at radius 1 is 0.962 bits per heavy atom. The highest BCUT2D eigenvalue weighted by Crippen LogP contribution is 2.26. The van der Waals surface area contributed by atoms with Crippen LogP contribution in [0.25, 0.3) is 11.3 Å². The van der Waals surface area contributed by atoms with E-state index in [1.165, 1.54) is 30.6 Å². The van der Waals surface area contributed by atoms with Crippen LogP contribution in [-0.2, 0) is 6.54 Å². The Hall–Kier alpha value is -3.13. The van der Waals surface area contributed by atoms with Crippen LogP contribution in [0.5, 0.6) is 5.75 Å². The highest BCUT2D eigenvalue weighted by molar-refractivity contribution is 5.65. The maximum absolute atomic E-state index is 12.2. The number of ether oxygens (including phenoxy) is 1. The van der Waals surface area contributed by atoms with Crippen LogP contribution in [0.1, 0.15) is 5.56 Å². The second-order valence-corrected chi connectivity index (χ2v) is 5.39. The van der Waals surface area contributed by atoms with Crippen LogP contribution in [0.4, 0.5) is 24.7 Å². The summed E-state index contributed by atoms with van der Waals surface area (Å²) in [5.74, 6) is 0.230. The smallest absolute Gasteiger partial charge is 0.406 e. The third-order valence-electron chi connectivity index (χ3n) is 3.51. The van der Waals surface area contributed by atoms with E-state index in [0.29, 0.717) is 23.7 Å². The van der Waals surface area contributed by atoms with Crippen molar-refractivity contribution in [2.75, 3.05) is 5.32 Å². The van der Waals surface area contributed by atoms with E-state index >= 15 is 0 Å². The highest BCUT2D eigenvalue weighted by Gasteiger charge is 2.30.